The van der Waals surface area contributed by atoms with E-state index in [9.17, 15) is 8.78 Å². The minimum atomic E-state index is -0.899. The molecule has 0 atom stereocenters. The van der Waals surface area contributed by atoms with Crippen LogP contribution in [0, 0.1) is 11.6 Å². The molecule has 0 spiro atoms. The van der Waals surface area contributed by atoms with Gasteiger partial charge in [-0.05, 0) is 18.2 Å². The van der Waals surface area contributed by atoms with Gasteiger partial charge in [0.2, 0.25) is 0 Å². The first-order valence-corrected chi connectivity index (χ1v) is 5.61. The molecule has 0 heterocycles. The lowest BCUT2D eigenvalue weighted by Gasteiger charge is -2.10. The number of nitrogen functional groups attached to an aromatic ring is 1. The Kier molecular flexibility index (Phi) is 3.85. The maximum absolute atomic E-state index is 13.4. The molecule has 2 rings (SSSR count). The zero-order chi connectivity index (χ0) is 13.8. The summed E-state index contributed by atoms with van der Waals surface area (Å²) in [4.78, 5) is 0. The second-order valence-corrected chi connectivity index (χ2v) is 3.91. The molecule has 2 aromatic carbocycles. The van der Waals surface area contributed by atoms with Gasteiger partial charge in [0.05, 0.1) is 12.8 Å². The van der Waals surface area contributed by atoms with Crippen molar-refractivity contribution in [3.63, 3.8) is 0 Å². The van der Waals surface area contributed by atoms with Crippen LogP contribution in [0.4, 0.5) is 14.5 Å². The number of benzene rings is 2. The van der Waals surface area contributed by atoms with Gasteiger partial charge in [-0.3, -0.25) is 0 Å². The quantitative estimate of drug-likeness (QED) is 0.864. The third-order valence-electron chi connectivity index (χ3n) is 2.63. The first-order chi connectivity index (χ1) is 9.11. The molecule has 0 aromatic heterocycles. The molecule has 0 amide bonds. The van der Waals surface area contributed by atoms with Gasteiger partial charge in [0.1, 0.15) is 18.1 Å². The van der Waals surface area contributed by atoms with Gasteiger partial charge < -0.3 is 15.2 Å². The van der Waals surface area contributed by atoms with E-state index in [1.54, 1.807) is 18.2 Å². The minimum absolute atomic E-state index is 0.0740. The summed E-state index contributed by atoms with van der Waals surface area (Å²) in [5, 5.41) is 0. The highest BCUT2D eigenvalue weighted by Gasteiger charge is 2.08. The van der Waals surface area contributed by atoms with Crippen LogP contribution in [0.2, 0.25) is 0 Å². The zero-order valence-corrected chi connectivity index (χ0v) is 10.3. The zero-order valence-electron chi connectivity index (χ0n) is 10.3. The average Bonchev–Trinajstić information content (AvgIpc) is 2.40. The summed E-state index contributed by atoms with van der Waals surface area (Å²) < 4.78 is 36.8. The summed E-state index contributed by atoms with van der Waals surface area (Å²) in [5.74, 6) is -0.800. The maximum atomic E-state index is 13.4. The SMILES string of the molecule is COc1ccc(OCc2cccc(F)c2F)cc1N. The molecule has 0 aliphatic heterocycles. The minimum Gasteiger partial charge on any atom is -0.495 e. The Labute approximate surface area is 109 Å². The molecular formula is C14H13F2NO2. The Bertz CT molecular complexity index is 588. The molecule has 0 bridgehead atoms. The van der Waals surface area contributed by atoms with Crippen molar-refractivity contribution in [2.75, 3.05) is 12.8 Å². The Hall–Kier alpha value is -2.30. The van der Waals surface area contributed by atoms with Crippen LogP contribution >= 0.6 is 0 Å². The average molecular weight is 265 g/mol. The number of anilines is 1. The molecular weight excluding hydrogens is 252 g/mol. The van der Waals surface area contributed by atoms with Gasteiger partial charge in [0.25, 0.3) is 0 Å². The molecule has 3 nitrogen and oxygen atoms in total. The van der Waals surface area contributed by atoms with Crippen LogP contribution in [-0.2, 0) is 6.61 Å². The first-order valence-electron chi connectivity index (χ1n) is 5.61. The van der Waals surface area contributed by atoms with E-state index in [1.807, 2.05) is 0 Å². The Morgan fingerprint density at radius 1 is 1.16 bits per heavy atom. The van der Waals surface area contributed by atoms with Crippen molar-refractivity contribution < 1.29 is 18.3 Å². The Morgan fingerprint density at radius 3 is 2.63 bits per heavy atom. The molecule has 2 N–H and O–H groups in total. The number of hydrogen-bond acceptors (Lipinski definition) is 3. The summed E-state index contributed by atoms with van der Waals surface area (Å²) in [7, 11) is 1.51. The molecule has 0 aliphatic rings. The molecule has 0 aliphatic carbocycles. The van der Waals surface area contributed by atoms with Crippen molar-refractivity contribution in [3.05, 3.63) is 53.6 Å². The van der Waals surface area contributed by atoms with Crippen LogP contribution in [0.15, 0.2) is 36.4 Å². The van der Waals surface area contributed by atoms with Crippen LogP contribution in [0.5, 0.6) is 11.5 Å². The van der Waals surface area contributed by atoms with Crippen LogP contribution in [0.3, 0.4) is 0 Å². The molecule has 0 saturated heterocycles. The van der Waals surface area contributed by atoms with E-state index in [4.69, 9.17) is 15.2 Å². The van der Waals surface area contributed by atoms with Crippen LogP contribution < -0.4 is 15.2 Å². The third kappa shape index (κ3) is 2.93. The molecule has 0 fully saturated rings. The van der Waals surface area contributed by atoms with Crippen LogP contribution in [0.25, 0.3) is 0 Å². The second kappa shape index (κ2) is 5.56. The molecule has 2 aromatic rings. The highest BCUT2D eigenvalue weighted by atomic mass is 19.2. The molecule has 19 heavy (non-hydrogen) atoms. The van der Waals surface area contributed by atoms with Crippen molar-refractivity contribution in [1.29, 1.82) is 0 Å². The molecule has 5 heteroatoms. The Balaban J connectivity index is 2.10. The maximum Gasteiger partial charge on any atom is 0.165 e. The van der Waals surface area contributed by atoms with Gasteiger partial charge in [-0.1, -0.05) is 12.1 Å². The highest BCUT2D eigenvalue weighted by molar-refractivity contribution is 5.56. The normalized spacial score (nSPS) is 10.3. The van der Waals surface area contributed by atoms with E-state index < -0.39 is 11.6 Å². The van der Waals surface area contributed by atoms with E-state index >= 15 is 0 Å². The largest absolute Gasteiger partial charge is 0.495 e. The summed E-state index contributed by atoms with van der Waals surface area (Å²) in [5.41, 5.74) is 6.28. The van der Waals surface area contributed by atoms with E-state index in [-0.39, 0.29) is 12.2 Å². The van der Waals surface area contributed by atoms with Crippen LogP contribution in [0.1, 0.15) is 5.56 Å². The number of nitrogens with two attached hydrogens (primary N) is 1. The van der Waals surface area contributed by atoms with Gasteiger partial charge in [0.15, 0.2) is 11.6 Å². The number of halogens is 2. The lowest BCUT2D eigenvalue weighted by molar-refractivity contribution is 0.297. The van der Waals surface area contributed by atoms with Crippen molar-refractivity contribution in [1.82, 2.24) is 0 Å². The lowest BCUT2D eigenvalue weighted by atomic mass is 10.2. The summed E-state index contributed by atoms with van der Waals surface area (Å²) in [6, 6.07) is 8.81. The van der Waals surface area contributed by atoms with Crippen molar-refractivity contribution >= 4 is 5.69 Å². The van der Waals surface area contributed by atoms with E-state index in [1.165, 1.54) is 19.2 Å². The molecule has 0 radical (unpaired) electrons. The highest BCUT2D eigenvalue weighted by Crippen LogP contribution is 2.26. The number of hydrogen-bond donors (Lipinski definition) is 1. The monoisotopic (exact) mass is 265 g/mol. The van der Waals surface area contributed by atoms with E-state index in [2.05, 4.69) is 0 Å². The Morgan fingerprint density at radius 2 is 1.95 bits per heavy atom. The predicted molar refractivity (Wildman–Crippen MR) is 68.1 cm³/mol. The summed E-state index contributed by atoms with van der Waals surface area (Å²) in [6.45, 7) is -0.0740. The predicted octanol–water partition coefficient (Wildman–Crippen LogP) is 3.13. The fraction of sp³-hybridized carbons (Fsp3) is 0.143. The summed E-state index contributed by atoms with van der Waals surface area (Å²) in [6.07, 6.45) is 0. The van der Waals surface area contributed by atoms with Crippen molar-refractivity contribution in [2.24, 2.45) is 0 Å². The second-order valence-electron chi connectivity index (χ2n) is 3.91. The number of methoxy groups -OCH3 is 1. The van der Waals surface area contributed by atoms with Gasteiger partial charge in [-0.15, -0.1) is 0 Å². The van der Waals surface area contributed by atoms with Crippen LogP contribution in [-0.4, -0.2) is 7.11 Å². The fourth-order valence-corrected chi connectivity index (χ4v) is 1.62. The van der Waals surface area contributed by atoms with Gasteiger partial charge in [0, 0.05) is 11.6 Å². The van der Waals surface area contributed by atoms with E-state index in [0.29, 0.717) is 17.2 Å². The smallest absolute Gasteiger partial charge is 0.165 e. The molecule has 100 valence electrons. The lowest BCUT2D eigenvalue weighted by Crippen LogP contribution is -2.01. The van der Waals surface area contributed by atoms with Crippen molar-refractivity contribution in [2.45, 2.75) is 6.61 Å². The summed E-state index contributed by atoms with van der Waals surface area (Å²) >= 11 is 0. The standard InChI is InChI=1S/C14H13F2NO2/c1-18-13-6-5-10(7-12(13)17)19-8-9-3-2-4-11(15)14(9)16/h2-7H,8,17H2,1H3. The van der Waals surface area contributed by atoms with E-state index in [0.717, 1.165) is 6.07 Å². The van der Waals surface area contributed by atoms with Gasteiger partial charge in [-0.2, -0.15) is 0 Å². The van der Waals surface area contributed by atoms with Crippen molar-refractivity contribution in [3.8, 4) is 11.5 Å². The van der Waals surface area contributed by atoms with Gasteiger partial charge >= 0.3 is 0 Å². The fourth-order valence-electron chi connectivity index (χ4n) is 1.62. The first kappa shape index (κ1) is 13.1. The number of ether oxygens (including phenoxy) is 2. The third-order valence-corrected chi connectivity index (χ3v) is 2.63. The molecule has 0 unspecified atom stereocenters. The van der Waals surface area contributed by atoms with Gasteiger partial charge in [-0.25, -0.2) is 8.78 Å². The molecule has 0 saturated carbocycles. The number of rotatable bonds is 4. The topological polar surface area (TPSA) is 44.5 Å².